The first kappa shape index (κ1) is 8.92. The van der Waals surface area contributed by atoms with E-state index < -0.39 is 0 Å². The van der Waals surface area contributed by atoms with Gasteiger partial charge in [0.2, 0.25) is 0 Å². The molecule has 0 unspecified atom stereocenters. The zero-order valence-electron chi connectivity index (χ0n) is 7.02. The van der Waals surface area contributed by atoms with Gasteiger partial charge in [0.1, 0.15) is 0 Å². The highest BCUT2D eigenvalue weighted by Crippen LogP contribution is 1.84. The Morgan fingerprint density at radius 1 is 0.889 bits per heavy atom. The van der Waals surface area contributed by atoms with Crippen molar-refractivity contribution in [3.63, 3.8) is 0 Å². The molecule has 0 aliphatic heterocycles. The molecule has 0 radical (unpaired) electrons. The van der Waals surface area contributed by atoms with Crippen molar-refractivity contribution >= 4 is 0 Å². The Hall–Kier alpha value is -0.0800. The molecule has 0 fully saturated rings. The molecule has 0 bridgehead atoms. The molecule has 0 atom stereocenters. The first-order chi connectivity index (χ1) is 4.20. The zero-order valence-corrected chi connectivity index (χ0v) is 7.02. The average molecular weight is 130 g/mol. The van der Waals surface area contributed by atoms with Crippen molar-refractivity contribution in [1.82, 2.24) is 9.80 Å². The number of rotatable bonds is 4. The third-order valence-electron chi connectivity index (χ3n) is 1.56. The monoisotopic (exact) mass is 130 g/mol. The van der Waals surface area contributed by atoms with Crippen molar-refractivity contribution in [3.05, 3.63) is 0 Å². The average Bonchev–Trinajstić information content (AvgIpc) is 1.87. The van der Waals surface area contributed by atoms with Gasteiger partial charge in [-0.25, -0.2) is 0 Å². The van der Waals surface area contributed by atoms with E-state index in [-0.39, 0.29) is 0 Å². The van der Waals surface area contributed by atoms with Crippen LogP contribution in [0.4, 0.5) is 0 Å². The maximum absolute atomic E-state index is 2.28. The maximum Gasteiger partial charge on any atom is 0.0500 e. The second-order valence-corrected chi connectivity index (χ2v) is 2.49. The van der Waals surface area contributed by atoms with Crippen LogP contribution in [0.15, 0.2) is 0 Å². The molecule has 2 heteroatoms. The van der Waals surface area contributed by atoms with Crippen LogP contribution in [0.2, 0.25) is 0 Å². The van der Waals surface area contributed by atoms with Gasteiger partial charge >= 0.3 is 0 Å². The summed E-state index contributed by atoms with van der Waals surface area (Å²) in [5.74, 6) is 0. The van der Waals surface area contributed by atoms with E-state index in [4.69, 9.17) is 0 Å². The van der Waals surface area contributed by atoms with Crippen LogP contribution in [0.1, 0.15) is 13.8 Å². The molecule has 0 heterocycles. The third kappa shape index (κ3) is 4.43. The number of hydrogen-bond acceptors (Lipinski definition) is 2. The summed E-state index contributed by atoms with van der Waals surface area (Å²) < 4.78 is 0. The topological polar surface area (TPSA) is 6.48 Å². The molecule has 0 aliphatic rings. The molecule has 0 saturated carbocycles. The second-order valence-electron chi connectivity index (χ2n) is 2.49. The van der Waals surface area contributed by atoms with E-state index in [2.05, 4.69) is 37.7 Å². The molecular formula is C7H18N2. The van der Waals surface area contributed by atoms with Crippen LogP contribution in [0, 0.1) is 0 Å². The third-order valence-corrected chi connectivity index (χ3v) is 1.56. The Kier molecular flexibility index (Phi) is 4.72. The van der Waals surface area contributed by atoms with E-state index in [1.165, 1.54) is 0 Å². The summed E-state index contributed by atoms with van der Waals surface area (Å²) in [7, 11) is 4.26. The smallest absolute Gasteiger partial charge is 0.0500 e. The highest BCUT2D eigenvalue weighted by molar-refractivity contribution is 4.46. The highest BCUT2D eigenvalue weighted by atomic mass is 15.3. The van der Waals surface area contributed by atoms with Gasteiger partial charge in [0, 0.05) is 6.67 Å². The Morgan fingerprint density at radius 2 is 1.22 bits per heavy atom. The molecule has 0 spiro atoms. The molecule has 0 aromatic rings. The van der Waals surface area contributed by atoms with Gasteiger partial charge in [0.05, 0.1) is 0 Å². The van der Waals surface area contributed by atoms with E-state index in [1.807, 2.05) is 0 Å². The van der Waals surface area contributed by atoms with Gasteiger partial charge in [0.15, 0.2) is 0 Å². The predicted molar refractivity (Wildman–Crippen MR) is 41.5 cm³/mol. The molecule has 56 valence electrons. The van der Waals surface area contributed by atoms with Crippen LogP contribution in [-0.4, -0.2) is 43.7 Å². The van der Waals surface area contributed by atoms with Crippen LogP contribution in [0.5, 0.6) is 0 Å². The van der Waals surface area contributed by atoms with Crippen molar-refractivity contribution in [2.45, 2.75) is 13.8 Å². The minimum Gasteiger partial charge on any atom is -0.294 e. The molecule has 9 heavy (non-hydrogen) atoms. The summed E-state index contributed by atoms with van der Waals surface area (Å²) in [5, 5.41) is 0. The number of hydrogen-bond donors (Lipinski definition) is 0. The summed E-state index contributed by atoms with van der Waals surface area (Å²) in [6.07, 6.45) is 0. The van der Waals surface area contributed by atoms with Gasteiger partial charge in [-0.15, -0.1) is 0 Å². The molecule has 0 rings (SSSR count). The Labute approximate surface area is 58.4 Å². The van der Waals surface area contributed by atoms with Gasteiger partial charge < -0.3 is 0 Å². The number of nitrogens with zero attached hydrogens (tertiary/aromatic N) is 2. The summed E-state index contributed by atoms with van der Waals surface area (Å²) in [5.41, 5.74) is 0. The van der Waals surface area contributed by atoms with E-state index in [1.54, 1.807) is 0 Å². The Morgan fingerprint density at radius 3 is 1.44 bits per heavy atom. The minimum absolute atomic E-state index is 1.08. The molecule has 2 nitrogen and oxygen atoms in total. The summed E-state index contributed by atoms with van der Waals surface area (Å²) in [4.78, 5) is 4.56. The lowest BCUT2D eigenvalue weighted by Gasteiger charge is -2.21. The van der Waals surface area contributed by atoms with Crippen molar-refractivity contribution in [2.75, 3.05) is 33.9 Å². The normalized spacial score (nSPS) is 11.3. The van der Waals surface area contributed by atoms with Crippen molar-refractivity contribution in [3.8, 4) is 0 Å². The van der Waals surface area contributed by atoms with Gasteiger partial charge in [-0.2, -0.15) is 0 Å². The summed E-state index contributed by atoms with van der Waals surface area (Å²) >= 11 is 0. The predicted octanol–water partition coefficient (Wildman–Crippen LogP) is 0.847. The summed E-state index contributed by atoms with van der Waals surface area (Å²) in [6.45, 7) is 7.68. The lowest BCUT2D eigenvalue weighted by molar-refractivity contribution is 0.196. The van der Waals surface area contributed by atoms with E-state index >= 15 is 0 Å². The van der Waals surface area contributed by atoms with Crippen LogP contribution in [0.25, 0.3) is 0 Å². The second kappa shape index (κ2) is 4.77. The van der Waals surface area contributed by atoms with Gasteiger partial charge in [-0.1, -0.05) is 13.8 Å². The van der Waals surface area contributed by atoms with Gasteiger partial charge in [0.25, 0.3) is 0 Å². The molecule has 0 saturated heterocycles. The fourth-order valence-electron chi connectivity index (χ4n) is 0.612. The van der Waals surface area contributed by atoms with E-state index in [9.17, 15) is 0 Å². The van der Waals surface area contributed by atoms with Gasteiger partial charge in [-0.05, 0) is 27.2 Å². The molecule has 0 N–H and O–H groups in total. The van der Waals surface area contributed by atoms with Crippen molar-refractivity contribution in [1.29, 1.82) is 0 Å². The van der Waals surface area contributed by atoms with Crippen LogP contribution in [0.3, 0.4) is 0 Å². The van der Waals surface area contributed by atoms with Gasteiger partial charge in [-0.3, -0.25) is 9.80 Å². The van der Waals surface area contributed by atoms with Crippen LogP contribution < -0.4 is 0 Å². The molecular weight excluding hydrogens is 112 g/mol. The first-order valence-electron chi connectivity index (χ1n) is 3.57. The van der Waals surface area contributed by atoms with E-state index in [0.717, 1.165) is 19.8 Å². The summed E-state index contributed by atoms with van der Waals surface area (Å²) in [6, 6.07) is 0. The zero-order chi connectivity index (χ0) is 7.28. The standard InChI is InChI=1S/C7H18N2/c1-5-8(3)7-9(4)6-2/h5-7H2,1-4H3. The molecule has 0 aliphatic carbocycles. The van der Waals surface area contributed by atoms with E-state index in [0.29, 0.717) is 0 Å². The lowest BCUT2D eigenvalue weighted by Crippen LogP contribution is -2.32. The largest absolute Gasteiger partial charge is 0.294 e. The van der Waals surface area contributed by atoms with Crippen LogP contribution in [-0.2, 0) is 0 Å². The lowest BCUT2D eigenvalue weighted by atomic mass is 10.6. The molecule has 0 aromatic heterocycles. The minimum atomic E-state index is 1.08. The first-order valence-corrected chi connectivity index (χ1v) is 3.57. The quantitative estimate of drug-likeness (QED) is 0.520. The fourth-order valence-corrected chi connectivity index (χ4v) is 0.612. The Balaban J connectivity index is 3.22. The highest BCUT2D eigenvalue weighted by Gasteiger charge is 1.96. The maximum atomic E-state index is 2.28. The SMILES string of the molecule is CCN(C)CN(C)CC. The van der Waals surface area contributed by atoms with Crippen molar-refractivity contribution < 1.29 is 0 Å². The fraction of sp³-hybridized carbons (Fsp3) is 1.00. The molecule has 0 aromatic carbocycles. The van der Waals surface area contributed by atoms with Crippen LogP contribution >= 0.6 is 0 Å². The Bertz CT molecular complexity index is 55.9. The molecule has 0 amide bonds. The van der Waals surface area contributed by atoms with Crippen molar-refractivity contribution in [2.24, 2.45) is 0 Å².